The third-order valence-electron chi connectivity index (χ3n) is 5.29. The van der Waals surface area contributed by atoms with Crippen LogP contribution in [0.1, 0.15) is 15.9 Å². The van der Waals surface area contributed by atoms with Crippen molar-refractivity contribution in [2.45, 2.75) is 6.92 Å². The predicted molar refractivity (Wildman–Crippen MR) is 122 cm³/mol. The number of aryl methyl sites for hydroxylation is 1. The number of para-hydroxylation sites is 1. The van der Waals surface area contributed by atoms with Crippen LogP contribution in [0.2, 0.25) is 0 Å². The van der Waals surface area contributed by atoms with E-state index in [1.807, 2.05) is 31.2 Å². The van der Waals surface area contributed by atoms with Gasteiger partial charge in [0, 0.05) is 38.1 Å². The number of hydrogen-bond acceptors (Lipinski definition) is 4. The van der Waals surface area contributed by atoms with E-state index in [9.17, 15) is 14.0 Å². The van der Waals surface area contributed by atoms with Gasteiger partial charge < -0.3 is 20.4 Å². The first-order chi connectivity index (χ1) is 15.5. The molecular formula is C24H24FN5O2. The van der Waals surface area contributed by atoms with Crippen LogP contribution in [0.4, 0.5) is 26.4 Å². The lowest BCUT2D eigenvalue weighted by Crippen LogP contribution is -2.51. The van der Waals surface area contributed by atoms with Gasteiger partial charge in [-0.25, -0.2) is 14.2 Å². The van der Waals surface area contributed by atoms with Crippen molar-refractivity contribution >= 4 is 29.1 Å². The molecule has 0 radical (unpaired) electrons. The number of urea groups is 1. The number of carbonyl (C=O) groups excluding carboxylic acids is 2. The molecule has 1 aliphatic rings. The van der Waals surface area contributed by atoms with Crippen molar-refractivity contribution in [2.75, 3.05) is 36.8 Å². The van der Waals surface area contributed by atoms with E-state index in [2.05, 4.69) is 15.6 Å². The van der Waals surface area contributed by atoms with E-state index in [0.717, 1.165) is 11.3 Å². The van der Waals surface area contributed by atoms with Gasteiger partial charge in [0.25, 0.3) is 5.91 Å². The van der Waals surface area contributed by atoms with Gasteiger partial charge in [-0.1, -0.05) is 24.3 Å². The summed E-state index contributed by atoms with van der Waals surface area (Å²) in [6.45, 7) is 3.59. The van der Waals surface area contributed by atoms with Crippen molar-refractivity contribution < 1.29 is 14.0 Å². The van der Waals surface area contributed by atoms with Crippen LogP contribution in [-0.2, 0) is 0 Å². The minimum absolute atomic E-state index is 0.189. The van der Waals surface area contributed by atoms with Gasteiger partial charge in [-0.2, -0.15) is 0 Å². The van der Waals surface area contributed by atoms with Gasteiger partial charge in [-0.3, -0.25) is 4.79 Å². The summed E-state index contributed by atoms with van der Waals surface area (Å²) < 4.78 is 14.0. The predicted octanol–water partition coefficient (Wildman–Crippen LogP) is 4.26. The Balaban J connectivity index is 1.39. The summed E-state index contributed by atoms with van der Waals surface area (Å²) in [6, 6.07) is 17.0. The minimum Gasteiger partial charge on any atom is -0.337 e. The number of nitrogens with one attached hydrogen (secondary N) is 2. The molecule has 1 fully saturated rings. The number of halogens is 1. The summed E-state index contributed by atoms with van der Waals surface area (Å²) in [6.07, 6.45) is 1.55. The van der Waals surface area contributed by atoms with Gasteiger partial charge in [0.15, 0.2) is 0 Å². The lowest BCUT2D eigenvalue weighted by molar-refractivity contribution is 0.0672. The molecule has 3 amide bonds. The average molecular weight is 433 g/mol. The first-order valence-electron chi connectivity index (χ1n) is 10.4. The Morgan fingerprint density at radius 3 is 2.44 bits per heavy atom. The fourth-order valence-corrected chi connectivity index (χ4v) is 3.58. The molecule has 0 saturated carbocycles. The Kier molecular flexibility index (Phi) is 6.30. The molecule has 8 heteroatoms. The highest BCUT2D eigenvalue weighted by Gasteiger charge is 2.26. The molecule has 0 spiro atoms. The van der Waals surface area contributed by atoms with Crippen LogP contribution in [0.15, 0.2) is 66.9 Å². The zero-order valence-corrected chi connectivity index (χ0v) is 17.7. The molecule has 32 heavy (non-hydrogen) atoms. The summed E-state index contributed by atoms with van der Waals surface area (Å²) in [4.78, 5) is 33.3. The maximum Gasteiger partial charge on any atom is 0.321 e. The van der Waals surface area contributed by atoms with Crippen LogP contribution in [0.25, 0.3) is 0 Å². The molecule has 2 heterocycles. The minimum atomic E-state index is -0.426. The Morgan fingerprint density at radius 2 is 1.69 bits per heavy atom. The maximum absolute atomic E-state index is 14.0. The largest absolute Gasteiger partial charge is 0.337 e. The third-order valence-corrected chi connectivity index (χ3v) is 5.29. The maximum atomic E-state index is 14.0. The smallest absolute Gasteiger partial charge is 0.321 e. The highest BCUT2D eigenvalue weighted by Crippen LogP contribution is 2.22. The Bertz CT molecular complexity index is 1130. The third kappa shape index (κ3) is 4.85. The summed E-state index contributed by atoms with van der Waals surface area (Å²) in [7, 11) is 0. The van der Waals surface area contributed by atoms with Crippen LogP contribution in [0, 0.1) is 12.7 Å². The number of nitrogens with zero attached hydrogens (tertiary/aromatic N) is 3. The summed E-state index contributed by atoms with van der Waals surface area (Å²) >= 11 is 0. The van der Waals surface area contributed by atoms with Crippen LogP contribution in [0.3, 0.4) is 0 Å². The molecule has 2 N–H and O–H groups in total. The van der Waals surface area contributed by atoms with Gasteiger partial charge in [0.05, 0.1) is 11.3 Å². The molecule has 2 aromatic carbocycles. The molecule has 3 aromatic rings. The van der Waals surface area contributed by atoms with Crippen LogP contribution < -0.4 is 10.6 Å². The van der Waals surface area contributed by atoms with E-state index in [-0.39, 0.29) is 17.6 Å². The molecule has 4 rings (SSSR count). The number of aromatic nitrogens is 1. The monoisotopic (exact) mass is 433 g/mol. The van der Waals surface area contributed by atoms with Crippen LogP contribution >= 0.6 is 0 Å². The number of carbonyl (C=O) groups is 2. The van der Waals surface area contributed by atoms with E-state index < -0.39 is 5.82 Å². The Morgan fingerprint density at radius 1 is 0.938 bits per heavy atom. The van der Waals surface area contributed by atoms with Crippen molar-refractivity contribution in [3.05, 3.63) is 83.8 Å². The van der Waals surface area contributed by atoms with Crippen molar-refractivity contribution in [3.8, 4) is 0 Å². The van der Waals surface area contributed by atoms with Gasteiger partial charge in [0.2, 0.25) is 0 Å². The Labute approximate surface area is 185 Å². The zero-order valence-electron chi connectivity index (χ0n) is 17.7. The number of anilines is 3. The standard InChI is InChI=1S/C24H24FN5O2/c1-17-6-4-7-18(16-17)27-24(32)30-14-12-29(13-15-30)23(31)19-8-5-11-26-22(19)28-21-10-3-2-9-20(21)25/h2-11,16H,12-15H2,1H3,(H,26,28)(H,27,32). The second-order valence-electron chi connectivity index (χ2n) is 7.58. The SMILES string of the molecule is Cc1cccc(NC(=O)N2CCN(C(=O)c3cccnc3Nc3ccccc3F)CC2)c1. The van der Waals surface area contributed by atoms with E-state index >= 15 is 0 Å². The molecule has 0 unspecified atom stereocenters. The fraction of sp³-hybridized carbons (Fsp3) is 0.208. The lowest BCUT2D eigenvalue weighted by Gasteiger charge is -2.35. The van der Waals surface area contributed by atoms with Crippen LogP contribution in [0.5, 0.6) is 0 Å². The number of rotatable bonds is 4. The molecule has 7 nitrogen and oxygen atoms in total. The zero-order chi connectivity index (χ0) is 22.5. The summed E-state index contributed by atoms with van der Waals surface area (Å²) in [5, 5.41) is 5.81. The summed E-state index contributed by atoms with van der Waals surface area (Å²) in [5.41, 5.74) is 2.41. The number of benzene rings is 2. The lowest BCUT2D eigenvalue weighted by atomic mass is 10.2. The van der Waals surface area contributed by atoms with Gasteiger partial charge >= 0.3 is 6.03 Å². The van der Waals surface area contributed by atoms with Crippen molar-refractivity contribution in [2.24, 2.45) is 0 Å². The highest BCUT2D eigenvalue weighted by atomic mass is 19.1. The van der Waals surface area contributed by atoms with E-state index in [0.29, 0.717) is 37.6 Å². The van der Waals surface area contributed by atoms with Crippen molar-refractivity contribution in [3.63, 3.8) is 0 Å². The second kappa shape index (κ2) is 9.47. The average Bonchev–Trinajstić information content (AvgIpc) is 2.80. The van der Waals surface area contributed by atoms with Crippen molar-refractivity contribution in [1.29, 1.82) is 0 Å². The second-order valence-corrected chi connectivity index (χ2v) is 7.58. The van der Waals surface area contributed by atoms with E-state index in [1.165, 1.54) is 6.07 Å². The number of hydrogen-bond donors (Lipinski definition) is 2. The Hall–Kier alpha value is -3.94. The first kappa shape index (κ1) is 21.3. The van der Waals surface area contributed by atoms with Gasteiger partial charge in [-0.05, 0) is 48.9 Å². The molecule has 1 aliphatic heterocycles. The topological polar surface area (TPSA) is 77.6 Å². The number of piperazine rings is 1. The van der Waals surface area contributed by atoms with E-state index in [1.54, 1.807) is 46.3 Å². The normalized spacial score (nSPS) is 13.6. The first-order valence-corrected chi connectivity index (χ1v) is 10.4. The molecule has 164 valence electrons. The summed E-state index contributed by atoms with van der Waals surface area (Å²) in [5.74, 6) is -0.345. The fourth-order valence-electron chi connectivity index (χ4n) is 3.58. The number of pyridine rings is 1. The van der Waals surface area contributed by atoms with Gasteiger partial charge in [0.1, 0.15) is 11.6 Å². The molecule has 1 saturated heterocycles. The molecule has 0 atom stereocenters. The molecule has 0 bridgehead atoms. The quantitative estimate of drug-likeness (QED) is 0.645. The molecule has 1 aromatic heterocycles. The van der Waals surface area contributed by atoms with Crippen LogP contribution in [-0.4, -0.2) is 52.9 Å². The molecule has 0 aliphatic carbocycles. The molecular weight excluding hydrogens is 409 g/mol. The van der Waals surface area contributed by atoms with Crippen molar-refractivity contribution in [1.82, 2.24) is 14.8 Å². The highest BCUT2D eigenvalue weighted by molar-refractivity contribution is 5.99. The van der Waals surface area contributed by atoms with Gasteiger partial charge in [-0.15, -0.1) is 0 Å². The van der Waals surface area contributed by atoms with E-state index in [4.69, 9.17) is 0 Å². The number of amides is 3.